The van der Waals surface area contributed by atoms with E-state index in [2.05, 4.69) is 20.8 Å². The Kier molecular flexibility index (Phi) is 4.99. The Morgan fingerprint density at radius 2 is 2.00 bits per heavy atom. The summed E-state index contributed by atoms with van der Waals surface area (Å²) in [6, 6.07) is 4.38. The van der Waals surface area contributed by atoms with Crippen LogP contribution in [0, 0.1) is 17.2 Å². The molecule has 0 saturated heterocycles. The van der Waals surface area contributed by atoms with Crippen molar-refractivity contribution in [3.8, 4) is 0 Å². The van der Waals surface area contributed by atoms with Crippen LogP contribution in [0.4, 0.5) is 4.39 Å². The van der Waals surface area contributed by atoms with Gasteiger partial charge >= 0.3 is 0 Å². The summed E-state index contributed by atoms with van der Waals surface area (Å²) in [4.78, 5) is 0. The lowest BCUT2D eigenvalue weighted by molar-refractivity contribution is 0.0225. The van der Waals surface area contributed by atoms with E-state index in [1.807, 2.05) is 0 Å². The highest BCUT2D eigenvalue weighted by Crippen LogP contribution is 2.41. The van der Waals surface area contributed by atoms with E-state index in [1.165, 1.54) is 12.1 Å². The summed E-state index contributed by atoms with van der Waals surface area (Å²) in [5, 5.41) is 11.5. The SMILES string of the molecule is CC(C)(C)C1CCCC(O)(Cc2cc(F)ccc2Cl)CC1. The number of benzene rings is 1. The Bertz CT molecular complexity index is 494. The summed E-state index contributed by atoms with van der Waals surface area (Å²) in [6.07, 6.45) is 5.18. The van der Waals surface area contributed by atoms with Gasteiger partial charge in [-0.25, -0.2) is 4.39 Å². The van der Waals surface area contributed by atoms with Crippen molar-refractivity contribution in [3.63, 3.8) is 0 Å². The van der Waals surface area contributed by atoms with Gasteiger partial charge in [-0.3, -0.25) is 0 Å². The van der Waals surface area contributed by atoms with Gasteiger partial charge in [0.15, 0.2) is 0 Å². The average Bonchev–Trinajstić information content (AvgIpc) is 2.55. The minimum absolute atomic E-state index is 0.280. The molecule has 2 atom stereocenters. The quantitative estimate of drug-likeness (QED) is 0.727. The van der Waals surface area contributed by atoms with Gasteiger partial charge in [-0.05, 0) is 60.8 Å². The molecule has 1 N–H and O–H groups in total. The molecule has 1 saturated carbocycles. The van der Waals surface area contributed by atoms with Crippen molar-refractivity contribution in [1.29, 1.82) is 0 Å². The molecule has 2 unspecified atom stereocenters. The smallest absolute Gasteiger partial charge is 0.123 e. The predicted molar refractivity (Wildman–Crippen MR) is 86.1 cm³/mol. The molecule has 1 aliphatic carbocycles. The Labute approximate surface area is 132 Å². The first-order chi connectivity index (χ1) is 9.70. The lowest BCUT2D eigenvalue weighted by Crippen LogP contribution is -2.31. The van der Waals surface area contributed by atoms with Gasteiger partial charge in [-0.1, -0.05) is 38.8 Å². The van der Waals surface area contributed by atoms with E-state index < -0.39 is 5.60 Å². The van der Waals surface area contributed by atoms with Gasteiger partial charge in [0.05, 0.1) is 5.60 Å². The molecule has 1 nitrogen and oxygen atoms in total. The zero-order chi connectivity index (χ0) is 15.7. The zero-order valence-electron chi connectivity index (χ0n) is 13.3. The number of aliphatic hydroxyl groups is 1. The maximum absolute atomic E-state index is 13.4. The summed E-state index contributed by atoms with van der Waals surface area (Å²) in [5.41, 5.74) is 0.243. The maximum atomic E-state index is 13.4. The number of hydrogen-bond donors (Lipinski definition) is 1. The van der Waals surface area contributed by atoms with Gasteiger partial charge < -0.3 is 5.11 Å². The topological polar surface area (TPSA) is 20.2 Å². The molecule has 0 bridgehead atoms. The van der Waals surface area contributed by atoms with E-state index in [-0.39, 0.29) is 11.2 Å². The van der Waals surface area contributed by atoms with Crippen molar-refractivity contribution in [1.82, 2.24) is 0 Å². The molecule has 1 fully saturated rings. The molecule has 1 aromatic carbocycles. The largest absolute Gasteiger partial charge is 0.390 e. The van der Waals surface area contributed by atoms with Crippen LogP contribution in [0.25, 0.3) is 0 Å². The van der Waals surface area contributed by atoms with Gasteiger partial charge in [-0.15, -0.1) is 0 Å². The third-order valence-electron chi connectivity index (χ3n) is 4.90. The molecular weight excluding hydrogens is 287 g/mol. The summed E-state index contributed by atoms with van der Waals surface area (Å²) in [7, 11) is 0. The summed E-state index contributed by atoms with van der Waals surface area (Å²) in [6.45, 7) is 6.81. The van der Waals surface area contributed by atoms with Crippen LogP contribution in [0.2, 0.25) is 5.02 Å². The van der Waals surface area contributed by atoms with Gasteiger partial charge in [0.1, 0.15) is 5.82 Å². The fourth-order valence-electron chi connectivity index (χ4n) is 3.47. The Hall–Kier alpha value is -0.600. The van der Waals surface area contributed by atoms with E-state index in [1.54, 1.807) is 6.07 Å². The second-order valence-corrected chi connectivity index (χ2v) is 8.04. The second-order valence-electron chi connectivity index (χ2n) is 7.63. The molecule has 0 heterocycles. The van der Waals surface area contributed by atoms with Crippen molar-refractivity contribution >= 4 is 11.6 Å². The Balaban J connectivity index is 2.10. The molecule has 118 valence electrons. The highest BCUT2D eigenvalue weighted by atomic mass is 35.5. The fraction of sp³-hybridized carbons (Fsp3) is 0.667. The second kappa shape index (κ2) is 6.26. The van der Waals surface area contributed by atoms with E-state index in [0.29, 0.717) is 22.9 Å². The van der Waals surface area contributed by atoms with Crippen molar-refractivity contribution in [2.75, 3.05) is 0 Å². The lowest BCUT2D eigenvalue weighted by atomic mass is 9.76. The van der Waals surface area contributed by atoms with Crippen LogP contribution in [-0.4, -0.2) is 10.7 Å². The van der Waals surface area contributed by atoms with E-state index in [9.17, 15) is 9.50 Å². The third kappa shape index (κ3) is 4.43. The number of hydrogen-bond acceptors (Lipinski definition) is 1. The molecule has 1 aliphatic rings. The first-order valence-corrected chi connectivity index (χ1v) is 8.24. The predicted octanol–water partition coefficient (Wildman–Crippen LogP) is 5.38. The monoisotopic (exact) mass is 312 g/mol. The molecule has 2 rings (SSSR count). The van der Waals surface area contributed by atoms with Gasteiger partial charge in [0.2, 0.25) is 0 Å². The molecule has 3 heteroatoms. The summed E-state index contributed by atoms with van der Waals surface area (Å²) >= 11 is 6.14. The fourth-order valence-corrected chi connectivity index (χ4v) is 3.65. The van der Waals surface area contributed by atoms with Crippen molar-refractivity contribution in [3.05, 3.63) is 34.6 Å². The normalized spacial score (nSPS) is 27.4. The Morgan fingerprint density at radius 3 is 2.67 bits per heavy atom. The Morgan fingerprint density at radius 1 is 1.29 bits per heavy atom. The van der Waals surface area contributed by atoms with Crippen molar-refractivity contribution < 1.29 is 9.50 Å². The van der Waals surface area contributed by atoms with Crippen LogP contribution in [0.1, 0.15) is 58.4 Å². The summed E-state index contributed by atoms with van der Waals surface area (Å²) in [5.74, 6) is 0.341. The highest BCUT2D eigenvalue weighted by Gasteiger charge is 2.35. The number of rotatable bonds is 2. The van der Waals surface area contributed by atoms with Gasteiger partial charge in [-0.2, -0.15) is 0 Å². The van der Waals surface area contributed by atoms with Crippen LogP contribution in [0.5, 0.6) is 0 Å². The van der Waals surface area contributed by atoms with E-state index in [0.717, 1.165) is 32.1 Å². The molecule has 0 aromatic heterocycles. The molecule has 21 heavy (non-hydrogen) atoms. The molecule has 0 spiro atoms. The highest BCUT2D eigenvalue weighted by molar-refractivity contribution is 6.31. The van der Waals surface area contributed by atoms with Crippen LogP contribution in [-0.2, 0) is 6.42 Å². The molecular formula is C18H26ClFO. The minimum atomic E-state index is -0.753. The van der Waals surface area contributed by atoms with Crippen LogP contribution < -0.4 is 0 Å². The van der Waals surface area contributed by atoms with Crippen molar-refractivity contribution in [2.45, 2.75) is 64.9 Å². The van der Waals surface area contributed by atoms with Crippen molar-refractivity contribution in [2.24, 2.45) is 11.3 Å². The average molecular weight is 313 g/mol. The third-order valence-corrected chi connectivity index (χ3v) is 5.27. The van der Waals surface area contributed by atoms with Crippen LogP contribution in [0.15, 0.2) is 18.2 Å². The molecule has 0 amide bonds. The van der Waals surface area contributed by atoms with E-state index >= 15 is 0 Å². The zero-order valence-corrected chi connectivity index (χ0v) is 14.0. The summed E-state index contributed by atoms with van der Waals surface area (Å²) < 4.78 is 13.4. The molecule has 0 aliphatic heterocycles. The van der Waals surface area contributed by atoms with Gasteiger partial charge in [0.25, 0.3) is 0 Å². The lowest BCUT2D eigenvalue weighted by Gasteiger charge is -2.31. The molecule has 1 aromatic rings. The number of halogens is 2. The maximum Gasteiger partial charge on any atom is 0.123 e. The molecule has 0 radical (unpaired) electrons. The van der Waals surface area contributed by atoms with E-state index in [4.69, 9.17) is 11.6 Å². The standard InChI is InChI=1S/C18H26ClFO/c1-17(2,3)14-5-4-9-18(21,10-8-14)12-13-11-15(20)6-7-16(13)19/h6-7,11,14,21H,4-5,8-10,12H2,1-3H3. The van der Waals surface area contributed by atoms with Gasteiger partial charge in [0, 0.05) is 11.4 Å². The van der Waals surface area contributed by atoms with Crippen LogP contribution in [0.3, 0.4) is 0 Å². The first kappa shape index (κ1) is 16.8. The minimum Gasteiger partial charge on any atom is -0.390 e. The van der Waals surface area contributed by atoms with Crippen LogP contribution >= 0.6 is 11.6 Å². The first-order valence-electron chi connectivity index (χ1n) is 7.86.